The van der Waals surface area contributed by atoms with E-state index in [1.165, 1.54) is 11.9 Å². The van der Waals surface area contributed by atoms with Crippen LogP contribution in [0.1, 0.15) is 25.3 Å². The number of hydrogen-bond acceptors (Lipinski definition) is 4. The number of hydrogen-bond donors (Lipinski definition) is 2. The molecule has 0 fully saturated rings. The molecule has 1 amide bonds. The Balaban J connectivity index is 1.51. The number of nitrogens with one attached hydrogen (secondary N) is 2. The molecule has 6 heteroatoms. The first-order chi connectivity index (χ1) is 12.6. The van der Waals surface area contributed by atoms with Gasteiger partial charge in [-0.15, -0.1) is 0 Å². The van der Waals surface area contributed by atoms with E-state index in [9.17, 15) is 4.79 Å². The molecule has 6 nitrogen and oxygen atoms in total. The molecule has 2 unspecified atom stereocenters. The fourth-order valence-electron chi connectivity index (χ4n) is 2.64. The Hall–Kier alpha value is -2.99. The summed E-state index contributed by atoms with van der Waals surface area (Å²) in [5, 5.41) is 10.3. The standard InChI is InChI=1S/C20H23N5O/c1-15(17-6-4-3-5-7-17)12-22-16(2)20(26)24-18-8-10-19(11-9-18)25-14-21-13-23-25/h3-11,13-16,22H,12H2,1-2H3,(H,24,26). The van der Waals surface area contributed by atoms with Crippen molar-refractivity contribution in [3.8, 4) is 5.69 Å². The first-order valence-corrected chi connectivity index (χ1v) is 8.68. The number of aromatic nitrogens is 3. The minimum Gasteiger partial charge on any atom is -0.325 e. The van der Waals surface area contributed by atoms with Gasteiger partial charge >= 0.3 is 0 Å². The van der Waals surface area contributed by atoms with Gasteiger partial charge in [-0.25, -0.2) is 9.67 Å². The van der Waals surface area contributed by atoms with E-state index in [0.29, 0.717) is 5.92 Å². The molecule has 1 heterocycles. The third kappa shape index (κ3) is 4.55. The molecular weight excluding hydrogens is 326 g/mol. The summed E-state index contributed by atoms with van der Waals surface area (Å²) in [5.74, 6) is 0.284. The molecule has 0 aliphatic carbocycles. The number of carbonyl (C=O) groups excluding carboxylic acids is 1. The van der Waals surface area contributed by atoms with Gasteiger partial charge in [0, 0.05) is 12.2 Å². The van der Waals surface area contributed by atoms with Crippen LogP contribution in [0.5, 0.6) is 0 Å². The molecule has 0 radical (unpaired) electrons. The molecule has 3 rings (SSSR count). The van der Waals surface area contributed by atoms with Crippen LogP contribution in [-0.2, 0) is 4.79 Å². The molecule has 1 aromatic heterocycles. The number of carbonyl (C=O) groups is 1. The van der Waals surface area contributed by atoms with Gasteiger partial charge in [0.05, 0.1) is 11.7 Å². The van der Waals surface area contributed by atoms with Crippen molar-refractivity contribution in [2.24, 2.45) is 0 Å². The summed E-state index contributed by atoms with van der Waals surface area (Å²) in [5.41, 5.74) is 2.91. The molecule has 3 aromatic rings. The van der Waals surface area contributed by atoms with E-state index >= 15 is 0 Å². The third-order valence-electron chi connectivity index (χ3n) is 4.31. The summed E-state index contributed by atoms with van der Waals surface area (Å²) in [6.45, 7) is 4.76. The molecule has 0 spiro atoms. The van der Waals surface area contributed by atoms with Gasteiger partial charge < -0.3 is 10.6 Å². The van der Waals surface area contributed by atoms with E-state index < -0.39 is 0 Å². The molecular formula is C20H23N5O. The van der Waals surface area contributed by atoms with Crippen LogP contribution in [0.3, 0.4) is 0 Å². The van der Waals surface area contributed by atoms with Gasteiger partial charge in [0.15, 0.2) is 0 Å². The van der Waals surface area contributed by atoms with E-state index in [0.717, 1.165) is 17.9 Å². The molecule has 2 aromatic carbocycles. The number of rotatable bonds is 7. The Kier molecular flexibility index (Phi) is 5.76. The Morgan fingerprint density at radius 3 is 2.46 bits per heavy atom. The summed E-state index contributed by atoms with van der Waals surface area (Å²) in [6, 6.07) is 17.5. The smallest absolute Gasteiger partial charge is 0.241 e. The minimum atomic E-state index is -0.281. The van der Waals surface area contributed by atoms with Crippen molar-refractivity contribution in [3.63, 3.8) is 0 Å². The van der Waals surface area contributed by atoms with Gasteiger partial charge in [0.1, 0.15) is 12.7 Å². The zero-order chi connectivity index (χ0) is 18.4. The second-order valence-electron chi connectivity index (χ2n) is 6.32. The molecule has 0 aliphatic rings. The monoisotopic (exact) mass is 349 g/mol. The van der Waals surface area contributed by atoms with Crippen molar-refractivity contribution in [1.29, 1.82) is 0 Å². The minimum absolute atomic E-state index is 0.0567. The van der Waals surface area contributed by atoms with E-state index in [1.54, 1.807) is 11.0 Å². The van der Waals surface area contributed by atoms with Gasteiger partial charge in [-0.05, 0) is 42.7 Å². The maximum atomic E-state index is 12.4. The van der Waals surface area contributed by atoms with E-state index in [1.807, 2.05) is 49.4 Å². The quantitative estimate of drug-likeness (QED) is 0.688. The highest BCUT2D eigenvalue weighted by molar-refractivity contribution is 5.94. The summed E-state index contributed by atoms with van der Waals surface area (Å²) in [7, 11) is 0. The number of nitrogens with zero attached hydrogens (tertiary/aromatic N) is 3. The first-order valence-electron chi connectivity index (χ1n) is 8.68. The molecule has 26 heavy (non-hydrogen) atoms. The van der Waals surface area contributed by atoms with Crippen LogP contribution in [0.4, 0.5) is 5.69 Å². The van der Waals surface area contributed by atoms with Crippen LogP contribution in [0.2, 0.25) is 0 Å². The molecule has 134 valence electrons. The van der Waals surface area contributed by atoms with Crippen molar-refractivity contribution >= 4 is 11.6 Å². The zero-order valence-corrected chi connectivity index (χ0v) is 15.0. The Morgan fingerprint density at radius 1 is 1.08 bits per heavy atom. The topological polar surface area (TPSA) is 71.8 Å². The highest BCUT2D eigenvalue weighted by Crippen LogP contribution is 2.14. The number of amides is 1. The van der Waals surface area contributed by atoms with Crippen molar-refractivity contribution in [3.05, 3.63) is 72.8 Å². The van der Waals surface area contributed by atoms with Crippen LogP contribution >= 0.6 is 0 Å². The van der Waals surface area contributed by atoms with Crippen molar-refractivity contribution < 1.29 is 4.79 Å². The third-order valence-corrected chi connectivity index (χ3v) is 4.31. The van der Waals surface area contributed by atoms with E-state index in [2.05, 4.69) is 39.8 Å². The zero-order valence-electron chi connectivity index (χ0n) is 15.0. The summed E-state index contributed by atoms with van der Waals surface area (Å²) < 4.78 is 1.67. The van der Waals surface area contributed by atoms with E-state index in [4.69, 9.17) is 0 Å². The lowest BCUT2D eigenvalue weighted by atomic mass is 10.0. The fourth-order valence-corrected chi connectivity index (χ4v) is 2.64. The molecule has 0 bridgehead atoms. The van der Waals surface area contributed by atoms with Crippen LogP contribution < -0.4 is 10.6 Å². The molecule has 2 atom stereocenters. The van der Waals surface area contributed by atoms with Crippen molar-refractivity contribution in [1.82, 2.24) is 20.1 Å². The molecule has 0 saturated heterocycles. The second-order valence-corrected chi connectivity index (χ2v) is 6.32. The van der Waals surface area contributed by atoms with Crippen LogP contribution in [0.25, 0.3) is 5.69 Å². The van der Waals surface area contributed by atoms with Crippen molar-refractivity contribution in [2.45, 2.75) is 25.8 Å². The van der Waals surface area contributed by atoms with Gasteiger partial charge in [0.2, 0.25) is 5.91 Å². The molecule has 0 saturated carbocycles. The van der Waals surface area contributed by atoms with Gasteiger partial charge in [-0.1, -0.05) is 37.3 Å². The average molecular weight is 349 g/mol. The predicted octanol–water partition coefficient (Wildman–Crippen LogP) is 2.99. The highest BCUT2D eigenvalue weighted by Gasteiger charge is 2.14. The number of anilines is 1. The Morgan fingerprint density at radius 2 is 1.81 bits per heavy atom. The lowest BCUT2D eigenvalue weighted by Crippen LogP contribution is -2.39. The summed E-state index contributed by atoms with van der Waals surface area (Å²) >= 11 is 0. The fraction of sp³-hybridized carbons (Fsp3) is 0.250. The van der Waals surface area contributed by atoms with Crippen molar-refractivity contribution in [2.75, 3.05) is 11.9 Å². The summed E-state index contributed by atoms with van der Waals surface area (Å²) in [6.07, 6.45) is 3.12. The van der Waals surface area contributed by atoms with Crippen LogP contribution in [0.15, 0.2) is 67.3 Å². The van der Waals surface area contributed by atoms with Crippen LogP contribution in [0, 0.1) is 0 Å². The predicted molar refractivity (Wildman–Crippen MR) is 102 cm³/mol. The Labute approximate surface area is 153 Å². The van der Waals surface area contributed by atoms with Gasteiger partial charge in [-0.2, -0.15) is 5.10 Å². The van der Waals surface area contributed by atoms with Gasteiger partial charge in [-0.3, -0.25) is 4.79 Å². The average Bonchev–Trinajstić information content (AvgIpc) is 3.22. The van der Waals surface area contributed by atoms with Crippen LogP contribution in [-0.4, -0.2) is 33.3 Å². The largest absolute Gasteiger partial charge is 0.325 e. The molecule has 0 aliphatic heterocycles. The SMILES string of the molecule is CC(NCC(C)c1ccccc1)C(=O)Nc1ccc(-n2cncn2)cc1. The lowest BCUT2D eigenvalue weighted by Gasteiger charge is -2.18. The lowest BCUT2D eigenvalue weighted by molar-refractivity contribution is -0.117. The number of benzene rings is 2. The Bertz CT molecular complexity index is 815. The first kappa shape index (κ1) is 17.8. The summed E-state index contributed by atoms with van der Waals surface area (Å²) in [4.78, 5) is 16.3. The van der Waals surface area contributed by atoms with Gasteiger partial charge in [0.25, 0.3) is 0 Å². The maximum absolute atomic E-state index is 12.4. The van der Waals surface area contributed by atoms with E-state index in [-0.39, 0.29) is 11.9 Å². The molecule has 2 N–H and O–H groups in total. The highest BCUT2D eigenvalue weighted by atomic mass is 16.2. The second kappa shape index (κ2) is 8.40. The normalized spacial score (nSPS) is 13.2. The maximum Gasteiger partial charge on any atom is 0.241 e.